The maximum absolute atomic E-state index is 12.6. The molecule has 0 rings (SSSR count). The second-order valence-electron chi connectivity index (χ2n) is 10.1. The molecule has 32 heavy (non-hydrogen) atoms. The fourth-order valence-electron chi connectivity index (χ4n) is 3.87. The molecule has 0 amide bonds. The van der Waals surface area contributed by atoms with E-state index in [1.165, 1.54) is 77.0 Å². The second kappa shape index (κ2) is 19.1. The first kappa shape index (κ1) is 31.7. The van der Waals surface area contributed by atoms with Gasteiger partial charge in [-0.05, 0) is 13.3 Å². The van der Waals surface area contributed by atoms with Crippen molar-refractivity contribution < 1.29 is 27.8 Å². The summed E-state index contributed by atoms with van der Waals surface area (Å²) in [5.41, 5.74) is 0. The lowest BCUT2D eigenvalue weighted by atomic mass is 10.0. The molecule has 0 bridgehead atoms. The van der Waals surface area contributed by atoms with Gasteiger partial charge in [-0.25, -0.2) is 0 Å². The molecule has 0 aromatic rings. The molecule has 2 unspecified atom stereocenters. The molecular formula is C25H52NO5P. The SMILES string of the molecule is CCCCCCCCCCCCCCCCCC(=O)C(C[N+](C)(C)C)OP(=O)([O-])OCC. The summed E-state index contributed by atoms with van der Waals surface area (Å²) in [5, 5.41) is 0. The summed E-state index contributed by atoms with van der Waals surface area (Å²) in [6.45, 7) is 4.15. The van der Waals surface area contributed by atoms with Crippen LogP contribution in [0.25, 0.3) is 0 Å². The topological polar surface area (TPSA) is 75.7 Å². The molecule has 0 radical (unpaired) electrons. The van der Waals surface area contributed by atoms with Gasteiger partial charge in [0.05, 0.1) is 27.7 Å². The summed E-state index contributed by atoms with van der Waals surface area (Å²) in [6.07, 6.45) is 18.5. The molecule has 0 fully saturated rings. The number of phosphoric acid groups is 1. The summed E-state index contributed by atoms with van der Waals surface area (Å²) in [6, 6.07) is 0. The molecule has 2 atom stereocenters. The predicted octanol–water partition coefficient (Wildman–Crippen LogP) is 6.41. The normalized spacial score (nSPS) is 14.9. The number of phosphoric ester groups is 1. The Morgan fingerprint density at radius 1 is 0.781 bits per heavy atom. The van der Waals surface area contributed by atoms with Crippen molar-refractivity contribution in [3.05, 3.63) is 0 Å². The van der Waals surface area contributed by atoms with Gasteiger partial charge < -0.3 is 18.4 Å². The summed E-state index contributed by atoms with van der Waals surface area (Å²) in [7, 11) is 1.29. The summed E-state index contributed by atoms with van der Waals surface area (Å²) >= 11 is 0. The summed E-state index contributed by atoms with van der Waals surface area (Å²) < 4.78 is 22.1. The van der Waals surface area contributed by atoms with Crippen LogP contribution >= 0.6 is 7.82 Å². The van der Waals surface area contributed by atoms with Crippen molar-refractivity contribution >= 4 is 13.6 Å². The number of hydrogen-bond donors (Lipinski definition) is 0. The molecule has 0 N–H and O–H groups in total. The fourth-order valence-corrected chi connectivity index (χ4v) is 4.74. The standard InChI is InChI=1S/C25H52NO5P/c1-6-8-9-10-11-12-13-14-15-16-17-18-19-20-21-22-24(27)25(23-26(3,4)5)31-32(28,29)30-7-2/h25H,6-23H2,1-5H3. The van der Waals surface area contributed by atoms with Gasteiger partial charge in [-0.3, -0.25) is 9.36 Å². The zero-order chi connectivity index (χ0) is 24.3. The summed E-state index contributed by atoms with van der Waals surface area (Å²) in [4.78, 5) is 24.5. The highest BCUT2D eigenvalue weighted by molar-refractivity contribution is 7.45. The van der Waals surface area contributed by atoms with E-state index < -0.39 is 13.9 Å². The highest BCUT2D eigenvalue weighted by atomic mass is 31.2. The average Bonchev–Trinajstić information content (AvgIpc) is 2.69. The maximum Gasteiger partial charge on any atom is 0.268 e. The van der Waals surface area contributed by atoms with Gasteiger partial charge in [0.15, 0.2) is 11.9 Å². The molecule has 7 heteroatoms. The third-order valence-corrected chi connectivity index (χ3v) is 6.73. The summed E-state index contributed by atoms with van der Waals surface area (Å²) in [5.74, 6) is -0.150. The maximum atomic E-state index is 12.6. The third kappa shape index (κ3) is 20.4. The average molecular weight is 478 g/mol. The Morgan fingerprint density at radius 2 is 1.19 bits per heavy atom. The van der Waals surface area contributed by atoms with E-state index >= 15 is 0 Å². The molecule has 0 aromatic heterocycles. The van der Waals surface area contributed by atoms with Crippen molar-refractivity contribution in [1.29, 1.82) is 0 Å². The molecule has 0 aliphatic heterocycles. The lowest BCUT2D eigenvalue weighted by Crippen LogP contribution is -2.45. The lowest BCUT2D eigenvalue weighted by Gasteiger charge is -2.32. The van der Waals surface area contributed by atoms with Gasteiger partial charge in [0, 0.05) is 6.42 Å². The van der Waals surface area contributed by atoms with E-state index in [4.69, 9.17) is 4.52 Å². The van der Waals surface area contributed by atoms with E-state index in [-0.39, 0.29) is 12.4 Å². The molecule has 192 valence electrons. The van der Waals surface area contributed by atoms with Crippen LogP contribution in [0.5, 0.6) is 0 Å². The Morgan fingerprint density at radius 3 is 1.56 bits per heavy atom. The first-order valence-electron chi connectivity index (χ1n) is 13.1. The van der Waals surface area contributed by atoms with Crippen molar-refractivity contribution in [3.8, 4) is 0 Å². The van der Waals surface area contributed by atoms with Crippen LogP contribution < -0.4 is 4.89 Å². The number of ketones is 1. The minimum atomic E-state index is -4.44. The number of nitrogens with zero attached hydrogens (tertiary/aromatic N) is 1. The molecule has 0 aliphatic rings. The Kier molecular flexibility index (Phi) is 18.9. The van der Waals surface area contributed by atoms with Crippen molar-refractivity contribution in [2.24, 2.45) is 0 Å². The smallest absolute Gasteiger partial charge is 0.268 e. The number of hydrogen-bond acceptors (Lipinski definition) is 5. The molecule has 6 nitrogen and oxygen atoms in total. The highest BCUT2D eigenvalue weighted by Gasteiger charge is 2.29. The third-order valence-electron chi connectivity index (χ3n) is 5.64. The predicted molar refractivity (Wildman–Crippen MR) is 132 cm³/mol. The molecule has 0 saturated carbocycles. The van der Waals surface area contributed by atoms with Gasteiger partial charge in [-0.15, -0.1) is 0 Å². The van der Waals surface area contributed by atoms with Crippen LogP contribution in [-0.2, 0) is 18.4 Å². The van der Waals surface area contributed by atoms with E-state index in [0.717, 1.165) is 19.3 Å². The Bertz CT molecular complexity index is 507. The molecule has 0 aromatic carbocycles. The Labute approximate surface area is 198 Å². The number of likely N-dealkylation sites (N-methyl/N-ethyl adjacent to an activating group) is 1. The van der Waals surface area contributed by atoms with Gasteiger partial charge in [-0.2, -0.15) is 0 Å². The lowest BCUT2D eigenvalue weighted by molar-refractivity contribution is -0.872. The van der Waals surface area contributed by atoms with Crippen LogP contribution in [0.2, 0.25) is 0 Å². The van der Waals surface area contributed by atoms with Crippen LogP contribution in [0.1, 0.15) is 117 Å². The number of carbonyl (C=O) groups excluding carboxylic acids is 1. The van der Waals surface area contributed by atoms with Gasteiger partial charge in [0.25, 0.3) is 7.82 Å². The fraction of sp³-hybridized carbons (Fsp3) is 0.960. The van der Waals surface area contributed by atoms with Gasteiger partial charge in [-0.1, -0.05) is 96.8 Å². The monoisotopic (exact) mass is 477 g/mol. The minimum Gasteiger partial charge on any atom is -0.756 e. The molecule has 0 heterocycles. The van der Waals surface area contributed by atoms with E-state index in [1.54, 1.807) is 6.92 Å². The van der Waals surface area contributed by atoms with Crippen LogP contribution in [0.4, 0.5) is 0 Å². The van der Waals surface area contributed by atoms with E-state index in [0.29, 0.717) is 17.4 Å². The van der Waals surface area contributed by atoms with Crippen molar-refractivity contribution in [3.63, 3.8) is 0 Å². The van der Waals surface area contributed by atoms with Crippen molar-refractivity contribution in [1.82, 2.24) is 0 Å². The first-order valence-corrected chi connectivity index (χ1v) is 14.5. The minimum absolute atomic E-state index is 0.00507. The van der Waals surface area contributed by atoms with Gasteiger partial charge >= 0.3 is 0 Å². The largest absolute Gasteiger partial charge is 0.756 e. The van der Waals surface area contributed by atoms with Crippen molar-refractivity contribution in [2.75, 3.05) is 34.3 Å². The Hall–Kier alpha value is -0.260. The van der Waals surface area contributed by atoms with Crippen LogP contribution in [0.3, 0.4) is 0 Å². The van der Waals surface area contributed by atoms with Crippen molar-refractivity contribution in [2.45, 2.75) is 123 Å². The highest BCUT2D eigenvalue weighted by Crippen LogP contribution is 2.40. The molecular weight excluding hydrogens is 425 g/mol. The Balaban J connectivity index is 3.86. The number of Topliss-reactive ketones (excluding diaryl/α,β-unsaturated/α-hetero) is 1. The number of quaternary nitrogens is 1. The number of unbranched alkanes of at least 4 members (excludes halogenated alkanes) is 14. The van der Waals surface area contributed by atoms with Gasteiger partial charge in [0.2, 0.25) is 0 Å². The molecule has 0 spiro atoms. The quantitative estimate of drug-likeness (QED) is 0.0965. The van der Waals surface area contributed by atoms with Crippen LogP contribution in [-0.4, -0.2) is 50.7 Å². The zero-order valence-electron chi connectivity index (χ0n) is 21.7. The van der Waals surface area contributed by atoms with Crippen LogP contribution in [0, 0.1) is 0 Å². The molecule has 0 aliphatic carbocycles. The number of carbonyl (C=O) groups is 1. The van der Waals surface area contributed by atoms with E-state index in [2.05, 4.69) is 11.4 Å². The van der Waals surface area contributed by atoms with Gasteiger partial charge in [0.1, 0.15) is 6.54 Å². The zero-order valence-corrected chi connectivity index (χ0v) is 22.6. The first-order chi connectivity index (χ1) is 15.1. The molecule has 0 saturated heterocycles. The van der Waals surface area contributed by atoms with E-state index in [9.17, 15) is 14.3 Å². The second-order valence-corrected chi connectivity index (χ2v) is 11.5. The number of rotatable bonds is 23. The van der Waals surface area contributed by atoms with Crippen LogP contribution in [0.15, 0.2) is 0 Å². The van der Waals surface area contributed by atoms with E-state index in [1.807, 2.05) is 21.1 Å².